The summed E-state index contributed by atoms with van der Waals surface area (Å²) in [5.74, 6) is -2.12. The highest BCUT2D eigenvalue weighted by atomic mass is 19.1. The third-order valence-corrected chi connectivity index (χ3v) is 4.65. The Balaban J connectivity index is 1.98. The lowest BCUT2D eigenvalue weighted by molar-refractivity contribution is -0.145. The van der Waals surface area contributed by atoms with Crippen molar-refractivity contribution in [2.24, 2.45) is 0 Å². The quantitative estimate of drug-likeness (QED) is 0.815. The molecule has 1 aromatic carbocycles. The normalized spacial score (nSPS) is 18.3. The predicted octanol–water partition coefficient (Wildman–Crippen LogP) is 1.91. The first-order valence-electron chi connectivity index (χ1n) is 8.98. The molecule has 0 aromatic heterocycles. The standard InChI is InChI=1S/C19H25FN2O5/c1-13(27-17-8-4-3-7-16(17)20)19(26)21-10-5-6-15(9-11-21)22(14(2)23)12-18(24)25/h3-4,7-8,13,15H,5-6,9-12H2,1-2H3,(H,24,25). The average molecular weight is 380 g/mol. The van der Waals surface area contributed by atoms with Crippen LogP contribution in [0.1, 0.15) is 33.1 Å². The number of carboxylic acids is 1. The molecule has 7 nitrogen and oxygen atoms in total. The van der Waals surface area contributed by atoms with E-state index in [-0.39, 0.29) is 30.2 Å². The zero-order valence-electron chi connectivity index (χ0n) is 15.6. The van der Waals surface area contributed by atoms with Crippen molar-refractivity contribution >= 4 is 17.8 Å². The van der Waals surface area contributed by atoms with Crippen LogP contribution >= 0.6 is 0 Å². The number of amides is 2. The highest BCUT2D eigenvalue weighted by Gasteiger charge is 2.29. The van der Waals surface area contributed by atoms with Crippen LogP contribution in [0, 0.1) is 5.82 Å². The van der Waals surface area contributed by atoms with Crippen LogP contribution in [0.3, 0.4) is 0 Å². The fourth-order valence-corrected chi connectivity index (χ4v) is 3.29. The van der Waals surface area contributed by atoms with E-state index < -0.39 is 17.9 Å². The molecular formula is C19H25FN2O5. The van der Waals surface area contributed by atoms with Crippen molar-refractivity contribution < 1.29 is 28.6 Å². The number of para-hydroxylation sites is 1. The summed E-state index contributed by atoms with van der Waals surface area (Å²) in [5, 5.41) is 9.00. The first-order valence-corrected chi connectivity index (χ1v) is 8.98. The summed E-state index contributed by atoms with van der Waals surface area (Å²) in [4.78, 5) is 38.4. The predicted molar refractivity (Wildman–Crippen MR) is 95.7 cm³/mol. The summed E-state index contributed by atoms with van der Waals surface area (Å²) in [6.45, 7) is 3.45. The summed E-state index contributed by atoms with van der Waals surface area (Å²) >= 11 is 0. The zero-order valence-corrected chi connectivity index (χ0v) is 15.6. The van der Waals surface area contributed by atoms with Crippen molar-refractivity contribution in [1.82, 2.24) is 9.80 Å². The largest absolute Gasteiger partial charge is 0.480 e. The zero-order chi connectivity index (χ0) is 20.0. The number of carbonyl (C=O) groups excluding carboxylic acids is 2. The van der Waals surface area contributed by atoms with E-state index in [1.807, 2.05) is 0 Å². The molecule has 2 amide bonds. The van der Waals surface area contributed by atoms with Gasteiger partial charge in [0.15, 0.2) is 17.7 Å². The second-order valence-corrected chi connectivity index (χ2v) is 6.64. The Morgan fingerprint density at radius 1 is 1.30 bits per heavy atom. The summed E-state index contributed by atoms with van der Waals surface area (Å²) in [6.07, 6.45) is 0.914. The molecule has 0 bridgehead atoms. The molecule has 1 aliphatic heterocycles. The van der Waals surface area contributed by atoms with Gasteiger partial charge in [0.05, 0.1) is 0 Å². The van der Waals surface area contributed by atoms with Crippen LogP contribution in [0.4, 0.5) is 4.39 Å². The van der Waals surface area contributed by atoms with E-state index >= 15 is 0 Å². The van der Waals surface area contributed by atoms with Crippen molar-refractivity contribution in [1.29, 1.82) is 0 Å². The van der Waals surface area contributed by atoms with E-state index in [1.54, 1.807) is 24.0 Å². The van der Waals surface area contributed by atoms with Crippen molar-refractivity contribution in [2.75, 3.05) is 19.6 Å². The van der Waals surface area contributed by atoms with Crippen LogP contribution in [0.5, 0.6) is 5.75 Å². The number of rotatable bonds is 6. The molecule has 148 valence electrons. The molecular weight excluding hydrogens is 355 g/mol. The molecule has 1 aliphatic rings. The molecule has 0 aliphatic carbocycles. The van der Waals surface area contributed by atoms with Gasteiger partial charge in [0.1, 0.15) is 6.54 Å². The Morgan fingerprint density at radius 2 is 2.00 bits per heavy atom. The number of hydrogen-bond donors (Lipinski definition) is 1. The van der Waals surface area contributed by atoms with Gasteiger partial charge in [-0.2, -0.15) is 0 Å². The highest BCUT2D eigenvalue weighted by Crippen LogP contribution is 2.20. The first-order chi connectivity index (χ1) is 12.8. The molecule has 1 aromatic rings. The summed E-state index contributed by atoms with van der Waals surface area (Å²) in [6, 6.07) is 5.68. The minimum atomic E-state index is -1.06. The van der Waals surface area contributed by atoms with Crippen molar-refractivity contribution in [3.63, 3.8) is 0 Å². The number of nitrogens with zero attached hydrogens (tertiary/aromatic N) is 2. The van der Waals surface area contributed by atoms with Crippen molar-refractivity contribution in [3.05, 3.63) is 30.1 Å². The van der Waals surface area contributed by atoms with Gasteiger partial charge < -0.3 is 19.6 Å². The van der Waals surface area contributed by atoms with E-state index in [0.717, 1.165) is 0 Å². The van der Waals surface area contributed by atoms with E-state index in [9.17, 15) is 18.8 Å². The van der Waals surface area contributed by atoms with E-state index in [0.29, 0.717) is 32.4 Å². The smallest absolute Gasteiger partial charge is 0.323 e. The molecule has 8 heteroatoms. The number of carboxylic acid groups (broad SMARTS) is 1. The Morgan fingerprint density at radius 3 is 2.63 bits per heavy atom. The Labute approximate surface area is 157 Å². The van der Waals surface area contributed by atoms with Gasteiger partial charge in [0.2, 0.25) is 5.91 Å². The van der Waals surface area contributed by atoms with Gasteiger partial charge in [-0.25, -0.2) is 4.39 Å². The second kappa shape index (κ2) is 9.34. The van der Waals surface area contributed by atoms with Gasteiger partial charge >= 0.3 is 5.97 Å². The molecule has 1 saturated heterocycles. The monoisotopic (exact) mass is 380 g/mol. The Kier molecular flexibility index (Phi) is 7.15. The Bertz CT molecular complexity index is 696. The number of ether oxygens (including phenoxy) is 1. The SMILES string of the molecule is CC(=O)N(CC(=O)O)C1CCCN(C(=O)C(C)Oc2ccccc2F)CC1. The number of likely N-dealkylation sites (tertiary alicyclic amines) is 1. The molecule has 2 atom stereocenters. The summed E-state index contributed by atoms with van der Waals surface area (Å²) < 4.78 is 19.2. The van der Waals surface area contributed by atoms with E-state index in [2.05, 4.69) is 0 Å². The highest BCUT2D eigenvalue weighted by molar-refractivity contribution is 5.81. The number of hydrogen-bond acceptors (Lipinski definition) is 4. The molecule has 0 spiro atoms. The molecule has 1 fully saturated rings. The third-order valence-electron chi connectivity index (χ3n) is 4.65. The van der Waals surface area contributed by atoms with Crippen LogP contribution in [0.25, 0.3) is 0 Å². The van der Waals surface area contributed by atoms with E-state index in [4.69, 9.17) is 9.84 Å². The summed E-state index contributed by atoms with van der Waals surface area (Å²) in [7, 11) is 0. The maximum Gasteiger partial charge on any atom is 0.323 e. The van der Waals surface area contributed by atoms with Gasteiger partial charge in [-0.3, -0.25) is 14.4 Å². The molecule has 0 radical (unpaired) electrons. The average Bonchev–Trinajstić information content (AvgIpc) is 2.86. The topological polar surface area (TPSA) is 87.2 Å². The van der Waals surface area contributed by atoms with Crippen LogP contribution in [0.15, 0.2) is 24.3 Å². The minimum absolute atomic E-state index is 0.0234. The van der Waals surface area contributed by atoms with Gasteiger partial charge in [-0.1, -0.05) is 12.1 Å². The number of benzene rings is 1. The first kappa shape index (κ1) is 20.7. The fourth-order valence-electron chi connectivity index (χ4n) is 3.29. The van der Waals surface area contributed by atoms with Gasteiger partial charge in [-0.05, 0) is 38.3 Å². The molecule has 1 heterocycles. The maximum atomic E-state index is 13.7. The lowest BCUT2D eigenvalue weighted by Gasteiger charge is -2.29. The molecule has 1 N–H and O–H groups in total. The fraction of sp³-hybridized carbons (Fsp3) is 0.526. The number of aliphatic carboxylic acids is 1. The van der Waals surface area contributed by atoms with Crippen LogP contribution in [-0.4, -0.2) is 64.5 Å². The minimum Gasteiger partial charge on any atom is -0.480 e. The van der Waals surface area contributed by atoms with Crippen LogP contribution in [0.2, 0.25) is 0 Å². The second-order valence-electron chi connectivity index (χ2n) is 6.64. The molecule has 0 saturated carbocycles. The van der Waals surface area contributed by atoms with Crippen molar-refractivity contribution in [2.45, 2.75) is 45.3 Å². The van der Waals surface area contributed by atoms with Gasteiger partial charge in [-0.15, -0.1) is 0 Å². The van der Waals surface area contributed by atoms with Gasteiger partial charge in [0.25, 0.3) is 5.91 Å². The Hall–Kier alpha value is -2.64. The lowest BCUT2D eigenvalue weighted by Crippen LogP contribution is -2.44. The molecule has 2 rings (SSSR count). The lowest BCUT2D eigenvalue weighted by atomic mass is 10.1. The van der Waals surface area contributed by atoms with E-state index in [1.165, 1.54) is 24.0 Å². The number of halogens is 1. The van der Waals surface area contributed by atoms with Crippen LogP contribution < -0.4 is 4.74 Å². The van der Waals surface area contributed by atoms with Crippen molar-refractivity contribution in [3.8, 4) is 5.75 Å². The summed E-state index contributed by atoms with van der Waals surface area (Å²) in [5.41, 5.74) is 0. The third kappa shape index (κ3) is 5.67. The maximum absolute atomic E-state index is 13.7. The van der Waals surface area contributed by atoms with Gasteiger partial charge in [0, 0.05) is 26.1 Å². The number of carbonyl (C=O) groups is 3. The molecule has 27 heavy (non-hydrogen) atoms. The van der Waals surface area contributed by atoms with Crippen LogP contribution in [-0.2, 0) is 14.4 Å². The molecule has 2 unspecified atom stereocenters.